The van der Waals surface area contributed by atoms with E-state index in [1.807, 2.05) is 13.8 Å². The second-order valence-corrected chi connectivity index (χ2v) is 1.94. The summed E-state index contributed by atoms with van der Waals surface area (Å²) in [4.78, 5) is 12.6. The van der Waals surface area contributed by atoms with Crippen molar-refractivity contribution in [3.05, 3.63) is 48.3 Å². The Kier molecular flexibility index (Phi) is 20.5. The van der Waals surface area contributed by atoms with Crippen LogP contribution in [-0.2, 0) is 32.7 Å². The van der Waals surface area contributed by atoms with Crippen molar-refractivity contribution in [2.45, 2.75) is 13.8 Å². The molecule has 4 heteroatoms. The van der Waals surface area contributed by atoms with Gasteiger partial charge in [-0.2, -0.15) is 0 Å². The second kappa shape index (κ2) is 15.6. The molecule has 0 saturated heterocycles. The van der Waals surface area contributed by atoms with Crippen molar-refractivity contribution in [1.82, 2.24) is 0 Å². The topological polar surface area (TPSA) is 47.5 Å². The van der Waals surface area contributed by atoms with E-state index in [1.165, 1.54) is 0 Å². The zero-order valence-corrected chi connectivity index (χ0v) is 11.9. The summed E-state index contributed by atoms with van der Waals surface area (Å²) in [5.74, 6) is 0. The number of benzene rings is 1. The normalized spacial score (nSPS) is 6.20. The fourth-order valence-corrected chi connectivity index (χ4v) is 0.575. The van der Waals surface area contributed by atoms with Crippen molar-refractivity contribution >= 4 is 12.0 Å². The van der Waals surface area contributed by atoms with Crippen LogP contribution in [0.2, 0.25) is 0 Å². The summed E-state index contributed by atoms with van der Waals surface area (Å²) in [5.41, 5.74) is 6.70. The molecule has 0 atom stereocenters. The van der Waals surface area contributed by atoms with Gasteiger partial charge in [-0.25, -0.2) is 0 Å². The fourth-order valence-electron chi connectivity index (χ4n) is 0.575. The van der Waals surface area contributed by atoms with Crippen LogP contribution in [0, 0.1) is 13.6 Å². The van der Waals surface area contributed by atoms with Crippen molar-refractivity contribution in [3.63, 3.8) is 0 Å². The maximum Gasteiger partial charge on any atom is 0.150 e. The molecule has 1 radical (unpaired) electrons. The van der Waals surface area contributed by atoms with Gasteiger partial charge in [-0.05, 0) is 24.3 Å². The van der Waals surface area contributed by atoms with Gasteiger partial charge in [0.2, 0.25) is 0 Å². The first kappa shape index (κ1) is 19.7. The van der Waals surface area contributed by atoms with Gasteiger partial charge in [-0.1, -0.05) is 20.9 Å². The summed E-state index contributed by atoms with van der Waals surface area (Å²) in [6.45, 7) is 9.72. The average Bonchev–Trinajstić information content (AvgIpc) is 2.23. The zero-order valence-electron chi connectivity index (χ0n) is 9.10. The Hall–Kier alpha value is -0.846. The molecule has 0 aromatic heterocycles. The van der Waals surface area contributed by atoms with Gasteiger partial charge < -0.3 is 10.6 Å². The summed E-state index contributed by atoms with van der Waals surface area (Å²) in [6.07, 6.45) is 0.791. The molecule has 0 amide bonds. The minimum absolute atomic E-state index is 0. The van der Waals surface area contributed by atoms with Gasteiger partial charge in [-0.3, -0.25) is 11.4 Å². The summed E-state index contributed by atoms with van der Waals surface area (Å²) < 4.78 is 0. The van der Waals surface area contributed by atoms with Gasteiger partial charge in [-0.15, -0.1) is 0 Å². The van der Waals surface area contributed by atoms with Crippen LogP contribution in [0.4, 0.5) is 5.69 Å². The minimum Gasteiger partial charge on any atom is -0.464 e. The van der Waals surface area contributed by atoms with E-state index in [9.17, 15) is 4.79 Å². The number of nitrogen functional groups attached to an aromatic ring is 1. The smallest absolute Gasteiger partial charge is 0.150 e. The summed E-state index contributed by atoms with van der Waals surface area (Å²) in [5, 5.41) is 0. The van der Waals surface area contributed by atoms with Crippen LogP contribution in [0.15, 0.2) is 24.3 Å². The van der Waals surface area contributed by atoms with E-state index in [4.69, 9.17) is 12.3 Å². The van der Waals surface area contributed by atoms with Crippen LogP contribution < -0.4 is 5.73 Å². The zero-order chi connectivity index (χ0) is 11.4. The molecule has 79 valence electrons. The van der Waals surface area contributed by atoms with Gasteiger partial charge >= 0.3 is 0 Å². The molecule has 0 heterocycles. The van der Waals surface area contributed by atoms with E-state index in [-0.39, 0.29) is 32.7 Å². The van der Waals surface area contributed by atoms with E-state index in [2.05, 4.69) is 11.9 Å². The SMILES string of the molecule is CC.Nc1ccc(C=O)cc1.[C-]#[N+][CH2-].[Y]. The third-order valence-electron chi connectivity index (χ3n) is 1.07. The van der Waals surface area contributed by atoms with Crippen LogP contribution in [0.5, 0.6) is 0 Å². The molecule has 3 nitrogen and oxygen atoms in total. The van der Waals surface area contributed by atoms with E-state index >= 15 is 0 Å². The average molecular weight is 280 g/mol. The third-order valence-corrected chi connectivity index (χ3v) is 1.07. The van der Waals surface area contributed by atoms with Crippen LogP contribution in [0.1, 0.15) is 24.2 Å². The Morgan fingerprint density at radius 2 is 1.67 bits per heavy atom. The number of hydrogen-bond donors (Lipinski definition) is 1. The quantitative estimate of drug-likeness (QED) is 0.488. The number of nitrogens with zero attached hydrogens (tertiary/aromatic N) is 1. The summed E-state index contributed by atoms with van der Waals surface area (Å²) in [7, 11) is 2.78. The number of nitrogens with two attached hydrogens (primary N) is 1. The first-order valence-corrected chi connectivity index (χ1v) is 4.17. The van der Waals surface area contributed by atoms with Gasteiger partial charge in [0.1, 0.15) is 6.29 Å². The molecule has 0 fully saturated rings. The number of carbonyl (C=O) groups excluding carboxylic acids is 1. The summed E-state index contributed by atoms with van der Waals surface area (Å²) >= 11 is 0. The third kappa shape index (κ3) is 13.2. The Morgan fingerprint density at radius 3 is 1.93 bits per heavy atom. The first-order valence-electron chi connectivity index (χ1n) is 4.17. The molecule has 0 aliphatic carbocycles. The molecular weight excluding hydrogens is 265 g/mol. The van der Waals surface area contributed by atoms with Crippen molar-refractivity contribution in [1.29, 1.82) is 0 Å². The molecule has 0 unspecified atom stereocenters. The van der Waals surface area contributed by atoms with Crippen molar-refractivity contribution in [2.75, 3.05) is 5.73 Å². The van der Waals surface area contributed by atoms with Gasteiger partial charge in [0.15, 0.2) is 0 Å². The molecule has 0 bridgehead atoms. The number of rotatable bonds is 1. The molecule has 0 spiro atoms. The van der Waals surface area contributed by atoms with Crippen LogP contribution in [-0.4, -0.2) is 6.29 Å². The predicted molar refractivity (Wildman–Crippen MR) is 59.5 cm³/mol. The minimum atomic E-state index is 0. The Morgan fingerprint density at radius 1 is 1.33 bits per heavy atom. The van der Waals surface area contributed by atoms with E-state index in [0.29, 0.717) is 11.3 Å². The van der Waals surface area contributed by atoms with Crippen molar-refractivity contribution in [2.24, 2.45) is 0 Å². The standard InChI is InChI=1S/C7H7NO.C2H2N.C2H6.Y/c8-7-3-1-6(5-9)2-4-7;1-3-2;1-2;/h1-5H,8H2;1H2;1-2H3;/q;-1;;. The molecule has 2 N–H and O–H groups in total. The van der Waals surface area contributed by atoms with Crippen LogP contribution in [0.25, 0.3) is 4.85 Å². The Bertz CT molecular complexity index is 278. The maximum absolute atomic E-state index is 10.1. The monoisotopic (exact) mass is 280 g/mol. The number of anilines is 1. The van der Waals surface area contributed by atoms with Gasteiger partial charge in [0, 0.05) is 44.0 Å². The van der Waals surface area contributed by atoms with Crippen molar-refractivity contribution in [3.8, 4) is 0 Å². The first-order chi connectivity index (χ1) is 6.74. The van der Waals surface area contributed by atoms with E-state index in [1.54, 1.807) is 24.3 Å². The van der Waals surface area contributed by atoms with Crippen molar-refractivity contribution < 1.29 is 37.5 Å². The second-order valence-electron chi connectivity index (χ2n) is 1.94. The molecule has 1 aromatic carbocycles. The van der Waals surface area contributed by atoms with Gasteiger partial charge in [0.25, 0.3) is 0 Å². The summed E-state index contributed by atoms with van der Waals surface area (Å²) in [6, 6.07) is 6.76. The number of carbonyl (C=O) groups is 1. The number of aldehydes is 1. The van der Waals surface area contributed by atoms with E-state index in [0.717, 1.165) is 6.29 Å². The molecule has 1 aromatic rings. The number of hydrogen-bond acceptors (Lipinski definition) is 2. The van der Waals surface area contributed by atoms with E-state index < -0.39 is 0 Å². The maximum atomic E-state index is 10.1. The van der Waals surface area contributed by atoms with Crippen LogP contribution >= 0.6 is 0 Å². The molecule has 15 heavy (non-hydrogen) atoms. The molecule has 0 saturated carbocycles. The molecular formula is C11H15N2OY-. The van der Waals surface area contributed by atoms with Gasteiger partial charge in [0.05, 0.1) is 0 Å². The predicted octanol–water partition coefficient (Wildman–Crippen LogP) is 2.80. The Labute approximate surface area is 117 Å². The Balaban J connectivity index is -0.000000209. The fraction of sp³-hybridized carbons (Fsp3) is 0.182. The van der Waals surface area contributed by atoms with Crippen LogP contribution in [0.3, 0.4) is 0 Å². The molecule has 0 aliphatic heterocycles. The molecule has 1 rings (SSSR count). The largest absolute Gasteiger partial charge is 0.464 e. The molecule has 0 aliphatic rings.